The molecule has 0 spiro atoms. The molecule has 0 saturated carbocycles. The van der Waals surface area contributed by atoms with Crippen LogP contribution in [0.1, 0.15) is 71.1 Å². The van der Waals surface area contributed by atoms with Gasteiger partial charge in [0.05, 0.1) is 6.54 Å². The molecule has 0 amide bonds. The van der Waals surface area contributed by atoms with Crippen molar-refractivity contribution in [2.24, 2.45) is 0 Å². The highest BCUT2D eigenvalue weighted by Gasteiger charge is 2.02. The second kappa shape index (κ2) is 12.9. The van der Waals surface area contributed by atoms with Gasteiger partial charge in [0.1, 0.15) is 0 Å². The molecule has 0 aromatic heterocycles. The predicted molar refractivity (Wildman–Crippen MR) is 77.0 cm³/mol. The van der Waals surface area contributed by atoms with E-state index in [1.54, 1.807) is 0 Å². The van der Waals surface area contributed by atoms with E-state index in [0.717, 1.165) is 13.0 Å². The van der Waals surface area contributed by atoms with E-state index in [9.17, 15) is 4.79 Å². The number of hydrogen-bond donors (Lipinski definition) is 1. The highest BCUT2D eigenvalue weighted by molar-refractivity contribution is 5.68. The monoisotopic (exact) mass is 257 g/mol. The van der Waals surface area contributed by atoms with Crippen molar-refractivity contribution in [3.63, 3.8) is 0 Å². The highest BCUT2D eigenvalue weighted by Crippen LogP contribution is 2.10. The largest absolute Gasteiger partial charge is 0.480 e. The van der Waals surface area contributed by atoms with Crippen LogP contribution in [0.2, 0.25) is 0 Å². The Bertz CT molecular complexity index is 195. The molecule has 0 unspecified atom stereocenters. The highest BCUT2D eigenvalue weighted by atomic mass is 16.4. The lowest BCUT2D eigenvalue weighted by Crippen LogP contribution is -2.26. The van der Waals surface area contributed by atoms with Crippen molar-refractivity contribution < 1.29 is 9.90 Å². The molecule has 108 valence electrons. The topological polar surface area (TPSA) is 40.5 Å². The summed E-state index contributed by atoms with van der Waals surface area (Å²) < 4.78 is 0. The molecule has 1 N–H and O–H groups in total. The second-order valence-electron chi connectivity index (χ2n) is 5.31. The maximum atomic E-state index is 10.5. The van der Waals surface area contributed by atoms with Crippen molar-refractivity contribution in [1.82, 2.24) is 4.90 Å². The first-order chi connectivity index (χ1) is 8.66. The van der Waals surface area contributed by atoms with Gasteiger partial charge in [0.15, 0.2) is 0 Å². The summed E-state index contributed by atoms with van der Waals surface area (Å²) in [5.41, 5.74) is 0. The second-order valence-corrected chi connectivity index (χ2v) is 5.31. The molecule has 0 fully saturated rings. The molecule has 0 aliphatic heterocycles. The summed E-state index contributed by atoms with van der Waals surface area (Å²) in [5, 5.41) is 8.60. The fraction of sp³-hybridized carbons (Fsp3) is 0.933. The van der Waals surface area contributed by atoms with Crippen molar-refractivity contribution in [3.8, 4) is 0 Å². The third-order valence-corrected chi connectivity index (χ3v) is 3.30. The third-order valence-electron chi connectivity index (χ3n) is 3.30. The lowest BCUT2D eigenvalue weighted by molar-refractivity contribution is -0.137. The van der Waals surface area contributed by atoms with Gasteiger partial charge >= 0.3 is 5.97 Å². The number of aliphatic carboxylic acids is 1. The minimum Gasteiger partial charge on any atom is -0.480 e. The molecule has 0 aliphatic rings. The molecule has 3 heteroatoms. The first-order valence-electron chi connectivity index (χ1n) is 7.57. The number of carboxylic acids is 1. The van der Waals surface area contributed by atoms with Gasteiger partial charge in [-0.25, -0.2) is 0 Å². The van der Waals surface area contributed by atoms with E-state index in [2.05, 4.69) is 6.92 Å². The molecular formula is C15H31NO2. The van der Waals surface area contributed by atoms with Gasteiger partial charge in [-0.1, -0.05) is 64.7 Å². The summed E-state index contributed by atoms with van der Waals surface area (Å²) in [6, 6.07) is 0. The van der Waals surface area contributed by atoms with Crippen molar-refractivity contribution in [2.75, 3.05) is 20.1 Å². The van der Waals surface area contributed by atoms with Crippen LogP contribution in [-0.2, 0) is 4.79 Å². The summed E-state index contributed by atoms with van der Waals surface area (Å²) in [6.07, 6.45) is 13.3. The van der Waals surface area contributed by atoms with Crippen molar-refractivity contribution in [2.45, 2.75) is 71.1 Å². The summed E-state index contributed by atoms with van der Waals surface area (Å²) in [6.45, 7) is 3.32. The average Bonchev–Trinajstić information content (AvgIpc) is 2.30. The standard InChI is InChI=1S/C15H31NO2/c1-3-4-5-6-7-8-9-10-11-12-13-16(2)14-15(17)18/h3-14H2,1-2H3,(H,17,18). The number of hydrogen-bond acceptors (Lipinski definition) is 2. The van der Waals surface area contributed by atoms with Crippen LogP contribution in [0, 0.1) is 0 Å². The first kappa shape index (κ1) is 17.4. The van der Waals surface area contributed by atoms with Gasteiger partial charge in [0.25, 0.3) is 0 Å². The van der Waals surface area contributed by atoms with Crippen molar-refractivity contribution in [3.05, 3.63) is 0 Å². The molecule has 3 nitrogen and oxygen atoms in total. The molecule has 0 atom stereocenters. The van der Waals surface area contributed by atoms with Gasteiger partial charge in [-0.15, -0.1) is 0 Å². The van der Waals surface area contributed by atoms with Gasteiger partial charge < -0.3 is 5.11 Å². The Morgan fingerprint density at radius 2 is 1.33 bits per heavy atom. The number of rotatable bonds is 13. The van der Waals surface area contributed by atoms with E-state index < -0.39 is 5.97 Å². The van der Waals surface area contributed by atoms with Crippen LogP contribution in [0.15, 0.2) is 0 Å². The summed E-state index contributed by atoms with van der Waals surface area (Å²) in [4.78, 5) is 12.3. The normalized spacial score (nSPS) is 11.1. The van der Waals surface area contributed by atoms with Crippen LogP contribution in [0.4, 0.5) is 0 Å². The zero-order valence-corrected chi connectivity index (χ0v) is 12.3. The van der Waals surface area contributed by atoms with E-state index in [0.29, 0.717) is 0 Å². The Morgan fingerprint density at radius 1 is 0.889 bits per heavy atom. The van der Waals surface area contributed by atoms with E-state index in [4.69, 9.17) is 5.11 Å². The van der Waals surface area contributed by atoms with Crippen LogP contribution in [0.3, 0.4) is 0 Å². The number of carbonyl (C=O) groups is 1. The SMILES string of the molecule is CCCCCCCCCCCCN(C)CC(=O)O. The maximum absolute atomic E-state index is 10.5. The Labute approximate surface area is 113 Å². The molecule has 0 aromatic carbocycles. The number of likely N-dealkylation sites (N-methyl/N-ethyl adjacent to an activating group) is 1. The van der Waals surface area contributed by atoms with Gasteiger partial charge in [-0.05, 0) is 20.0 Å². The first-order valence-corrected chi connectivity index (χ1v) is 7.57. The Kier molecular flexibility index (Phi) is 12.5. The van der Waals surface area contributed by atoms with Crippen LogP contribution >= 0.6 is 0 Å². The molecule has 0 aromatic rings. The lowest BCUT2D eigenvalue weighted by atomic mass is 10.1. The van der Waals surface area contributed by atoms with Crippen molar-refractivity contribution >= 4 is 5.97 Å². The lowest BCUT2D eigenvalue weighted by Gasteiger charge is -2.13. The van der Waals surface area contributed by atoms with Crippen LogP contribution in [-0.4, -0.2) is 36.1 Å². The van der Waals surface area contributed by atoms with E-state index in [1.807, 2.05) is 11.9 Å². The fourth-order valence-corrected chi connectivity index (χ4v) is 2.18. The maximum Gasteiger partial charge on any atom is 0.317 e. The molecule has 0 heterocycles. The van der Waals surface area contributed by atoms with Gasteiger partial charge in [-0.2, -0.15) is 0 Å². The molecule has 0 saturated heterocycles. The summed E-state index contributed by atoms with van der Waals surface area (Å²) in [7, 11) is 1.88. The fourth-order valence-electron chi connectivity index (χ4n) is 2.18. The van der Waals surface area contributed by atoms with Crippen molar-refractivity contribution in [1.29, 1.82) is 0 Å². The Balaban J connectivity index is 3.09. The molecule has 18 heavy (non-hydrogen) atoms. The van der Waals surface area contributed by atoms with E-state index in [1.165, 1.54) is 57.8 Å². The van der Waals surface area contributed by atoms with Gasteiger partial charge in [0.2, 0.25) is 0 Å². The number of carboxylic acid groups (broad SMARTS) is 1. The third kappa shape index (κ3) is 13.5. The van der Waals surface area contributed by atoms with E-state index >= 15 is 0 Å². The van der Waals surface area contributed by atoms with Gasteiger partial charge in [-0.3, -0.25) is 9.69 Å². The zero-order valence-electron chi connectivity index (χ0n) is 12.3. The Hall–Kier alpha value is -0.570. The van der Waals surface area contributed by atoms with Gasteiger partial charge in [0, 0.05) is 0 Å². The number of nitrogens with zero attached hydrogens (tertiary/aromatic N) is 1. The minimum atomic E-state index is -0.732. The summed E-state index contributed by atoms with van der Waals surface area (Å²) >= 11 is 0. The predicted octanol–water partition coefficient (Wildman–Crippen LogP) is 3.92. The smallest absolute Gasteiger partial charge is 0.317 e. The average molecular weight is 257 g/mol. The molecule has 0 bridgehead atoms. The summed E-state index contributed by atoms with van der Waals surface area (Å²) in [5.74, 6) is -0.732. The molecule has 0 rings (SSSR count). The minimum absolute atomic E-state index is 0.164. The quantitative estimate of drug-likeness (QED) is 0.508. The Morgan fingerprint density at radius 3 is 1.78 bits per heavy atom. The van der Waals surface area contributed by atoms with Crippen LogP contribution < -0.4 is 0 Å². The van der Waals surface area contributed by atoms with E-state index in [-0.39, 0.29) is 6.54 Å². The molecule has 0 radical (unpaired) electrons. The zero-order chi connectivity index (χ0) is 13.6. The molecular weight excluding hydrogens is 226 g/mol. The van der Waals surface area contributed by atoms with Crippen LogP contribution in [0.25, 0.3) is 0 Å². The number of unbranched alkanes of at least 4 members (excludes halogenated alkanes) is 9. The molecule has 0 aliphatic carbocycles. The van der Waals surface area contributed by atoms with Crippen LogP contribution in [0.5, 0.6) is 0 Å².